The van der Waals surface area contributed by atoms with Crippen molar-refractivity contribution in [3.8, 4) is 0 Å². The summed E-state index contributed by atoms with van der Waals surface area (Å²) in [6.07, 6.45) is 3.94. The lowest BCUT2D eigenvalue weighted by Gasteiger charge is -2.26. The van der Waals surface area contributed by atoms with E-state index in [4.69, 9.17) is 0 Å². The van der Waals surface area contributed by atoms with E-state index in [1.165, 1.54) is 38.4 Å². The van der Waals surface area contributed by atoms with Gasteiger partial charge in [-0.25, -0.2) is 0 Å². The average Bonchev–Trinajstić information content (AvgIpc) is 2.64. The Kier molecular flexibility index (Phi) is 10.9. The number of para-hydroxylation sites is 2. The molecule has 1 fully saturated rings. The minimum Gasteiger partial charge on any atom is -0.378 e. The van der Waals surface area contributed by atoms with Crippen LogP contribution >= 0.6 is 24.0 Å². The smallest absolute Gasteiger partial charge is 0.292 e. The topological polar surface area (TPSA) is 94.8 Å². The standard InChI is InChI=1S/C17H28N6O2.HI/c1-18-17(21-11-14-22-12-5-2-6-13-22)20-10-9-19-15-7-3-4-8-16(15)23(24)25;/h3-4,7-8,19H,2,5-6,9-14H2,1H3,(H2,18,20,21);1H. The fourth-order valence-corrected chi connectivity index (χ4v) is 2.90. The van der Waals surface area contributed by atoms with Gasteiger partial charge in [-0.2, -0.15) is 0 Å². The Hall–Kier alpha value is -1.62. The number of nitro benzene ring substituents is 1. The molecule has 26 heavy (non-hydrogen) atoms. The molecule has 3 N–H and O–H groups in total. The van der Waals surface area contributed by atoms with Gasteiger partial charge in [0.1, 0.15) is 5.69 Å². The van der Waals surface area contributed by atoms with Crippen LogP contribution in [0.5, 0.6) is 0 Å². The van der Waals surface area contributed by atoms with Gasteiger partial charge in [-0.3, -0.25) is 15.1 Å². The Balaban J connectivity index is 0.00000338. The van der Waals surface area contributed by atoms with Gasteiger partial charge < -0.3 is 20.9 Å². The number of hydrogen-bond donors (Lipinski definition) is 3. The second-order valence-corrected chi connectivity index (χ2v) is 6.03. The zero-order valence-electron chi connectivity index (χ0n) is 15.2. The number of nitrogens with zero attached hydrogens (tertiary/aromatic N) is 3. The van der Waals surface area contributed by atoms with Crippen molar-refractivity contribution >= 4 is 41.3 Å². The molecule has 0 aromatic heterocycles. The SMILES string of the molecule is CN=C(NCCNc1ccccc1[N+](=O)[O-])NCCN1CCCCC1.I. The van der Waals surface area contributed by atoms with E-state index in [1.807, 2.05) is 0 Å². The minimum atomic E-state index is -0.378. The Morgan fingerprint density at radius 3 is 2.54 bits per heavy atom. The second kappa shape index (κ2) is 12.7. The molecule has 8 nitrogen and oxygen atoms in total. The van der Waals surface area contributed by atoms with Crippen molar-refractivity contribution in [1.82, 2.24) is 15.5 Å². The first-order valence-corrected chi connectivity index (χ1v) is 8.85. The van der Waals surface area contributed by atoms with Gasteiger partial charge in [-0.15, -0.1) is 24.0 Å². The van der Waals surface area contributed by atoms with Crippen molar-refractivity contribution in [2.24, 2.45) is 4.99 Å². The van der Waals surface area contributed by atoms with Gasteiger partial charge >= 0.3 is 0 Å². The molecule has 1 aliphatic heterocycles. The third-order valence-electron chi connectivity index (χ3n) is 4.23. The van der Waals surface area contributed by atoms with Gasteiger partial charge in [-0.05, 0) is 32.0 Å². The van der Waals surface area contributed by atoms with Gasteiger partial charge in [0.2, 0.25) is 0 Å². The summed E-state index contributed by atoms with van der Waals surface area (Å²) in [7, 11) is 1.74. The molecule has 0 amide bonds. The number of nitro groups is 1. The number of rotatable bonds is 8. The summed E-state index contributed by atoms with van der Waals surface area (Å²) < 4.78 is 0. The molecule has 9 heteroatoms. The molecule has 1 aromatic rings. The number of likely N-dealkylation sites (tertiary alicyclic amines) is 1. The van der Waals surface area contributed by atoms with E-state index < -0.39 is 0 Å². The van der Waals surface area contributed by atoms with E-state index in [9.17, 15) is 10.1 Å². The van der Waals surface area contributed by atoms with E-state index in [1.54, 1.807) is 25.2 Å². The Labute approximate surface area is 172 Å². The first-order chi connectivity index (χ1) is 12.2. The predicted molar refractivity (Wildman–Crippen MR) is 117 cm³/mol. The number of nitrogens with one attached hydrogen (secondary N) is 3. The molecule has 1 aromatic carbocycles. The number of guanidine groups is 1. The fraction of sp³-hybridized carbons (Fsp3) is 0.588. The van der Waals surface area contributed by atoms with Crippen LogP contribution < -0.4 is 16.0 Å². The number of anilines is 1. The maximum atomic E-state index is 11.0. The zero-order chi connectivity index (χ0) is 17.9. The summed E-state index contributed by atoms with van der Waals surface area (Å²) in [5, 5.41) is 20.6. The summed E-state index contributed by atoms with van der Waals surface area (Å²) in [5.74, 6) is 0.751. The Bertz CT molecular complexity index is 578. The third-order valence-corrected chi connectivity index (χ3v) is 4.23. The summed E-state index contributed by atoms with van der Waals surface area (Å²) in [4.78, 5) is 17.3. The highest BCUT2D eigenvalue weighted by atomic mass is 127. The quantitative estimate of drug-likeness (QED) is 0.133. The normalized spacial score (nSPS) is 15.0. The Morgan fingerprint density at radius 1 is 1.15 bits per heavy atom. The molecule has 0 radical (unpaired) electrons. The van der Waals surface area contributed by atoms with Crippen LogP contribution in [0.1, 0.15) is 19.3 Å². The highest BCUT2D eigenvalue weighted by Gasteiger charge is 2.11. The fourth-order valence-electron chi connectivity index (χ4n) is 2.90. The molecular formula is C17H29IN6O2. The van der Waals surface area contributed by atoms with Crippen molar-refractivity contribution in [1.29, 1.82) is 0 Å². The molecule has 2 rings (SSSR count). The molecule has 0 atom stereocenters. The number of piperidine rings is 1. The van der Waals surface area contributed by atoms with Crippen LogP contribution in [0.3, 0.4) is 0 Å². The number of aliphatic imine (C=N–C) groups is 1. The summed E-state index contributed by atoms with van der Waals surface area (Å²) in [6, 6.07) is 6.65. The number of benzene rings is 1. The molecule has 0 saturated carbocycles. The van der Waals surface area contributed by atoms with Crippen LogP contribution in [0.15, 0.2) is 29.3 Å². The van der Waals surface area contributed by atoms with E-state index in [0.717, 1.165) is 19.0 Å². The molecule has 0 bridgehead atoms. The lowest BCUT2D eigenvalue weighted by atomic mass is 10.1. The molecule has 0 aliphatic carbocycles. The van der Waals surface area contributed by atoms with E-state index in [0.29, 0.717) is 18.8 Å². The number of hydrogen-bond acceptors (Lipinski definition) is 5. The summed E-state index contributed by atoms with van der Waals surface area (Å²) in [5.41, 5.74) is 0.619. The van der Waals surface area contributed by atoms with Crippen LogP contribution in [0, 0.1) is 10.1 Å². The maximum absolute atomic E-state index is 11.0. The second-order valence-electron chi connectivity index (χ2n) is 6.03. The number of halogens is 1. The van der Waals surface area contributed by atoms with Crippen LogP contribution in [-0.2, 0) is 0 Å². The highest BCUT2D eigenvalue weighted by Crippen LogP contribution is 2.22. The van der Waals surface area contributed by atoms with Crippen molar-refractivity contribution in [3.05, 3.63) is 34.4 Å². The summed E-state index contributed by atoms with van der Waals surface area (Å²) in [6.45, 7) is 5.44. The molecule has 0 unspecified atom stereocenters. The highest BCUT2D eigenvalue weighted by molar-refractivity contribution is 14.0. The maximum Gasteiger partial charge on any atom is 0.292 e. The first-order valence-electron chi connectivity index (χ1n) is 8.85. The molecular weight excluding hydrogens is 447 g/mol. The molecule has 1 saturated heterocycles. The van der Waals surface area contributed by atoms with Crippen molar-refractivity contribution < 1.29 is 4.92 Å². The van der Waals surface area contributed by atoms with Crippen LogP contribution in [0.2, 0.25) is 0 Å². The van der Waals surface area contributed by atoms with Crippen molar-refractivity contribution in [2.45, 2.75) is 19.3 Å². The molecule has 1 heterocycles. The lowest BCUT2D eigenvalue weighted by Crippen LogP contribution is -2.43. The molecule has 1 aliphatic rings. The first kappa shape index (κ1) is 22.4. The van der Waals surface area contributed by atoms with Gasteiger partial charge in [0, 0.05) is 39.3 Å². The largest absolute Gasteiger partial charge is 0.378 e. The van der Waals surface area contributed by atoms with E-state index in [-0.39, 0.29) is 34.6 Å². The monoisotopic (exact) mass is 476 g/mol. The average molecular weight is 476 g/mol. The predicted octanol–water partition coefficient (Wildman–Crippen LogP) is 2.28. The molecule has 146 valence electrons. The van der Waals surface area contributed by atoms with Gasteiger partial charge in [0.25, 0.3) is 5.69 Å². The van der Waals surface area contributed by atoms with Crippen LogP contribution in [0.4, 0.5) is 11.4 Å². The van der Waals surface area contributed by atoms with Gasteiger partial charge in [0.15, 0.2) is 5.96 Å². The lowest BCUT2D eigenvalue weighted by molar-refractivity contribution is -0.384. The zero-order valence-corrected chi connectivity index (χ0v) is 17.6. The van der Waals surface area contributed by atoms with Crippen molar-refractivity contribution in [2.75, 3.05) is 51.6 Å². The summed E-state index contributed by atoms with van der Waals surface area (Å²) >= 11 is 0. The van der Waals surface area contributed by atoms with E-state index in [2.05, 4.69) is 25.8 Å². The molecule has 0 spiro atoms. The third kappa shape index (κ3) is 7.73. The van der Waals surface area contributed by atoms with Crippen LogP contribution in [0.25, 0.3) is 0 Å². The van der Waals surface area contributed by atoms with Gasteiger partial charge in [0.05, 0.1) is 4.92 Å². The van der Waals surface area contributed by atoms with E-state index >= 15 is 0 Å². The minimum absolute atomic E-state index is 0. The van der Waals surface area contributed by atoms with Crippen LogP contribution in [-0.4, -0.2) is 62.1 Å². The van der Waals surface area contributed by atoms with Crippen molar-refractivity contribution in [3.63, 3.8) is 0 Å². The Morgan fingerprint density at radius 2 is 1.85 bits per heavy atom. The van der Waals surface area contributed by atoms with Gasteiger partial charge in [-0.1, -0.05) is 18.6 Å².